The van der Waals surface area contributed by atoms with Crippen LogP contribution in [-0.2, 0) is 4.79 Å². The molecule has 1 atom stereocenters. The van der Waals surface area contributed by atoms with Gasteiger partial charge in [-0.25, -0.2) is 9.97 Å². The molecule has 0 bridgehead atoms. The van der Waals surface area contributed by atoms with E-state index in [9.17, 15) is 4.79 Å². The van der Waals surface area contributed by atoms with Crippen LogP contribution in [0.1, 0.15) is 19.8 Å². The average molecular weight is 354 g/mol. The lowest BCUT2D eigenvalue weighted by atomic mass is 9.99. The first-order valence-electron chi connectivity index (χ1n) is 8.95. The van der Waals surface area contributed by atoms with Crippen LogP contribution in [-0.4, -0.2) is 41.7 Å². The Morgan fingerprint density at radius 2 is 1.96 bits per heavy atom. The van der Waals surface area contributed by atoms with Crippen LogP contribution < -0.4 is 19.7 Å². The van der Waals surface area contributed by atoms with Gasteiger partial charge in [0.15, 0.2) is 11.5 Å². The number of carbonyl (C=O) groups is 1. The summed E-state index contributed by atoms with van der Waals surface area (Å²) >= 11 is 0. The molecule has 2 aliphatic heterocycles. The third-order valence-electron chi connectivity index (χ3n) is 4.81. The van der Waals surface area contributed by atoms with E-state index in [0.29, 0.717) is 17.3 Å². The molecule has 1 fully saturated rings. The van der Waals surface area contributed by atoms with Crippen molar-refractivity contribution in [3.05, 3.63) is 36.7 Å². The van der Waals surface area contributed by atoms with E-state index >= 15 is 0 Å². The van der Waals surface area contributed by atoms with Gasteiger partial charge in [0.1, 0.15) is 24.6 Å². The van der Waals surface area contributed by atoms with Crippen molar-refractivity contribution in [1.82, 2.24) is 9.97 Å². The molecule has 1 unspecified atom stereocenters. The van der Waals surface area contributed by atoms with Crippen LogP contribution >= 0.6 is 0 Å². The number of fused-ring (bicyclic) bond motifs is 1. The maximum Gasteiger partial charge on any atom is 0.270 e. The molecule has 7 heteroatoms. The Kier molecular flexibility index (Phi) is 4.60. The number of hydrogen-bond donors (Lipinski definition) is 1. The van der Waals surface area contributed by atoms with Crippen molar-refractivity contribution in [2.75, 3.05) is 29.9 Å². The summed E-state index contributed by atoms with van der Waals surface area (Å²) in [6.07, 6.45) is 3.08. The molecule has 0 saturated carbocycles. The summed E-state index contributed by atoms with van der Waals surface area (Å²) in [5.74, 6) is 3.01. The van der Waals surface area contributed by atoms with Crippen LogP contribution in [0, 0.1) is 5.92 Å². The first kappa shape index (κ1) is 16.6. The Balaban J connectivity index is 1.41. The van der Waals surface area contributed by atoms with Gasteiger partial charge in [0.25, 0.3) is 5.91 Å². The topological polar surface area (TPSA) is 76.6 Å². The maximum atomic E-state index is 12.5. The number of nitrogens with zero attached hydrogens (tertiary/aromatic N) is 3. The second-order valence-electron chi connectivity index (χ2n) is 6.78. The van der Waals surface area contributed by atoms with Crippen molar-refractivity contribution in [3.8, 4) is 11.5 Å². The van der Waals surface area contributed by atoms with E-state index in [1.807, 2.05) is 24.3 Å². The van der Waals surface area contributed by atoms with E-state index in [1.54, 1.807) is 6.07 Å². The van der Waals surface area contributed by atoms with Gasteiger partial charge >= 0.3 is 0 Å². The summed E-state index contributed by atoms with van der Waals surface area (Å²) in [6.45, 7) is 4.39. The second-order valence-corrected chi connectivity index (χ2v) is 6.78. The zero-order valence-electron chi connectivity index (χ0n) is 14.7. The van der Waals surface area contributed by atoms with Gasteiger partial charge in [-0.3, -0.25) is 4.79 Å². The molecule has 136 valence electrons. The molecule has 7 nitrogen and oxygen atoms in total. The molecule has 0 radical (unpaired) electrons. The smallest absolute Gasteiger partial charge is 0.270 e. The van der Waals surface area contributed by atoms with E-state index < -0.39 is 6.10 Å². The Hall–Kier alpha value is -2.83. The fraction of sp³-hybridized carbons (Fsp3) is 0.421. The van der Waals surface area contributed by atoms with E-state index in [4.69, 9.17) is 9.47 Å². The van der Waals surface area contributed by atoms with Gasteiger partial charge in [0, 0.05) is 19.2 Å². The SMILES string of the molecule is CC1CCN(c2cc(NC(=O)C3COc4ccccc4O3)ncn2)CC1. The van der Waals surface area contributed by atoms with Crippen molar-refractivity contribution < 1.29 is 14.3 Å². The maximum absolute atomic E-state index is 12.5. The normalized spacial score (nSPS) is 19.9. The molecule has 0 spiro atoms. The third-order valence-corrected chi connectivity index (χ3v) is 4.81. The monoisotopic (exact) mass is 354 g/mol. The van der Waals surface area contributed by atoms with Crippen LogP contribution in [0.3, 0.4) is 0 Å². The van der Waals surface area contributed by atoms with Crippen molar-refractivity contribution >= 4 is 17.5 Å². The lowest BCUT2D eigenvalue weighted by molar-refractivity contribution is -0.125. The van der Waals surface area contributed by atoms with Crippen molar-refractivity contribution in [1.29, 1.82) is 0 Å². The number of aromatic nitrogens is 2. The van der Waals surface area contributed by atoms with E-state index in [0.717, 1.165) is 37.7 Å². The van der Waals surface area contributed by atoms with Crippen molar-refractivity contribution in [2.24, 2.45) is 5.92 Å². The van der Waals surface area contributed by atoms with Crippen LogP contribution in [0.15, 0.2) is 36.7 Å². The molecule has 2 aromatic rings. The lowest BCUT2D eigenvalue weighted by Gasteiger charge is -2.31. The first-order chi connectivity index (χ1) is 12.7. The van der Waals surface area contributed by atoms with E-state index in [2.05, 4.69) is 27.1 Å². The van der Waals surface area contributed by atoms with Gasteiger partial charge < -0.3 is 19.7 Å². The number of anilines is 2. The van der Waals surface area contributed by atoms with E-state index in [1.165, 1.54) is 6.33 Å². The van der Waals surface area contributed by atoms with Gasteiger partial charge in [-0.2, -0.15) is 0 Å². The van der Waals surface area contributed by atoms with Crippen LogP contribution in [0.2, 0.25) is 0 Å². The molecule has 0 aliphatic carbocycles. The summed E-state index contributed by atoms with van der Waals surface area (Å²) in [5, 5.41) is 2.81. The average Bonchev–Trinajstić information content (AvgIpc) is 2.68. The zero-order chi connectivity index (χ0) is 17.9. The number of nitrogens with one attached hydrogen (secondary N) is 1. The minimum atomic E-state index is -0.709. The van der Waals surface area contributed by atoms with E-state index in [-0.39, 0.29) is 12.5 Å². The van der Waals surface area contributed by atoms with Gasteiger partial charge in [-0.15, -0.1) is 0 Å². The number of hydrogen-bond acceptors (Lipinski definition) is 6. The molecule has 1 aromatic carbocycles. The quantitative estimate of drug-likeness (QED) is 0.913. The summed E-state index contributed by atoms with van der Waals surface area (Å²) in [4.78, 5) is 23.3. The molecule has 26 heavy (non-hydrogen) atoms. The minimum Gasteiger partial charge on any atom is -0.485 e. The number of ether oxygens (including phenoxy) is 2. The molecular formula is C19H22N4O3. The standard InChI is InChI=1S/C19H22N4O3/c1-13-6-8-23(9-7-13)18-10-17(20-12-21-18)22-19(24)16-11-25-14-4-2-3-5-15(14)26-16/h2-5,10,12-13,16H,6-9,11H2,1H3,(H,20,21,22,24). The highest BCUT2D eigenvalue weighted by molar-refractivity contribution is 5.94. The fourth-order valence-corrected chi connectivity index (χ4v) is 3.18. The minimum absolute atomic E-state index is 0.171. The molecule has 3 heterocycles. The highest BCUT2D eigenvalue weighted by Crippen LogP contribution is 2.31. The highest BCUT2D eigenvalue weighted by atomic mass is 16.6. The number of rotatable bonds is 3. The highest BCUT2D eigenvalue weighted by Gasteiger charge is 2.27. The summed E-state index contributed by atoms with van der Waals surface area (Å²) in [6, 6.07) is 9.13. The van der Waals surface area contributed by atoms with Crippen molar-refractivity contribution in [2.45, 2.75) is 25.9 Å². The van der Waals surface area contributed by atoms with Gasteiger partial charge in [-0.05, 0) is 30.9 Å². The predicted molar refractivity (Wildman–Crippen MR) is 97.6 cm³/mol. The molecular weight excluding hydrogens is 332 g/mol. The van der Waals surface area contributed by atoms with Crippen LogP contribution in [0.4, 0.5) is 11.6 Å². The van der Waals surface area contributed by atoms with Crippen LogP contribution in [0.25, 0.3) is 0 Å². The zero-order valence-corrected chi connectivity index (χ0v) is 14.7. The molecule has 1 N–H and O–H groups in total. The lowest BCUT2D eigenvalue weighted by Crippen LogP contribution is -2.40. The fourth-order valence-electron chi connectivity index (χ4n) is 3.18. The Morgan fingerprint density at radius 1 is 1.19 bits per heavy atom. The van der Waals surface area contributed by atoms with Gasteiger partial charge in [0.2, 0.25) is 6.10 Å². The molecule has 1 saturated heterocycles. The molecule has 2 aliphatic rings. The number of piperidine rings is 1. The number of carbonyl (C=O) groups excluding carboxylic acids is 1. The summed E-state index contributed by atoms with van der Waals surface area (Å²) in [5.41, 5.74) is 0. The Labute approximate surface area is 152 Å². The number of benzene rings is 1. The Morgan fingerprint density at radius 3 is 2.77 bits per heavy atom. The first-order valence-corrected chi connectivity index (χ1v) is 8.95. The molecule has 1 aromatic heterocycles. The molecule has 4 rings (SSSR count). The van der Waals surface area contributed by atoms with Gasteiger partial charge in [0.05, 0.1) is 0 Å². The second kappa shape index (κ2) is 7.19. The Bertz CT molecular complexity index is 790. The molecule has 1 amide bonds. The number of para-hydroxylation sites is 2. The summed E-state index contributed by atoms with van der Waals surface area (Å²) < 4.78 is 11.3. The van der Waals surface area contributed by atoms with Crippen LogP contribution in [0.5, 0.6) is 11.5 Å². The third kappa shape index (κ3) is 3.56. The van der Waals surface area contributed by atoms with Crippen molar-refractivity contribution in [3.63, 3.8) is 0 Å². The predicted octanol–water partition coefficient (Wildman–Crippen LogP) is 2.49. The summed E-state index contributed by atoms with van der Waals surface area (Å²) in [7, 11) is 0. The number of amides is 1. The van der Waals surface area contributed by atoms with Gasteiger partial charge in [-0.1, -0.05) is 19.1 Å². The largest absolute Gasteiger partial charge is 0.485 e.